The first kappa shape index (κ1) is 17.5. The van der Waals surface area contributed by atoms with Crippen LogP contribution in [0.25, 0.3) is 0 Å². The number of carbonyl (C=O) groups excluding carboxylic acids is 1. The molecule has 4 nitrogen and oxygen atoms in total. The molecular weight excluding hydrogens is 262 g/mol. The SMILES string of the molecule is CCCCN(CCCC)C(=O)c1ccc(NCCC)cn1. The van der Waals surface area contributed by atoms with Crippen molar-refractivity contribution in [3.63, 3.8) is 0 Å². The number of hydrogen-bond donors (Lipinski definition) is 1. The van der Waals surface area contributed by atoms with E-state index >= 15 is 0 Å². The Labute approximate surface area is 129 Å². The zero-order valence-corrected chi connectivity index (χ0v) is 13.7. The Hall–Kier alpha value is -1.58. The minimum atomic E-state index is 0.0546. The Morgan fingerprint density at radius 2 is 1.76 bits per heavy atom. The average Bonchev–Trinajstić information content (AvgIpc) is 2.53. The molecule has 4 heteroatoms. The number of aromatic nitrogens is 1. The third kappa shape index (κ3) is 6.15. The topological polar surface area (TPSA) is 45.2 Å². The second-order valence-corrected chi connectivity index (χ2v) is 5.36. The molecule has 1 rings (SSSR count). The summed E-state index contributed by atoms with van der Waals surface area (Å²) in [6, 6.07) is 3.76. The van der Waals surface area contributed by atoms with E-state index in [1.807, 2.05) is 17.0 Å². The van der Waals surface area contributed by atoms with Crippen LogP contribution in [-0.2, 0) is 0 Å². The van der Waals surface area contributed by atoms with Gasteiger partial charge < -0.3 is 10.2 Å². The molecule has 0 aromatic carbocycles. The molecule has 0 unspecified atom stereocenters. The molecule has 0 aliphatic rings. The molecule has 0 saturated carbocycles. The molecule has 1 aromatic rings. The summed E-state index contributed by atoms with van der Waals surface area (Å²) in [6.07, 6.45) is 7.12. The average molecular weight is 291 g/mol. The van der Waals surface area contributed by atoms with Crippen molar-refractivity contribution >= 4 is 11.6 Å². The molecule has 1 amide bonds. The van der Waals surface area contributed by atoms with Crippen molar-refractivity contribution in [3.05, 3.63) is 24.0 Å². The van der Waals surface area contributed by atoms with Gasteiger partial charge in [0.05, 0.1) is 11.9 Å². The third-order valence-electron chi connectivity index (χ3n) is 3.41. The summed E-state index contributed by atoms with van der Waals surface area (Å²) in [7, 11) is 0. The monoisotopic (exact) mass is 291 g/mol. The number of carbonyl (C=O) groups is 1. The zero-order chi connectivity index (χ0) is 15.5. The van der Waals surface area contributed by atoms with Gasteiger partial charge in [-0.1, -0.05) is 33.6 Å². The van der Waals surface area contributed by atoms with Gasteiger partial charge in [-0.15, -0.1) is 0 Å². The summed E-state index contributed by atoms with van der Waals surface area (Å²) in [5.41, 5.74) is 1.52. The molecule has 0 fully saturated rings. The molecule has 0 radical (unpaired) electrons. The highest BCUT2D eigenvalue weighted by Crippen LogP contribution is 2.10. The van der Waals surface area contributed by atoms with E-state index in [9.17, 15) is 4.79 Å². The van der Waals surface area contributed by atoms with Crippen LogP contribution in [0, 0.1) is 0 Å². The normalized spacial score (nSPS) is 10.4. The number of rotatable bonds is 10. The highest BCUT2D eigenvalue weighted by molar-refractivity contribution is 5.92. The molecule has 0 saturated heterocycles. The second-order valence-electron chi connectivity index (χ2n) is 5.36. The maximum Gasteiger partial charge on any atom is 0.272 e. The number of hydrogen-bond acceptors (Lipinski definition) is 3. The van der Waals surface area contributed by atoms with Gasteiger partial charge in [0.25, 0.3) is 5.91 Å². The van der Waals surface area contributed by atoms with Gasteiger partial charge in [0, 0.05) is 19.6 Å². The molecular formula is C17H29N3O. The number of nitrogens with zero attached hydrogens (tertiary/aromatic N) is 2. The summed E-state index contributed by atoms with van der Waals surface area (Å²) < 4.78 is 0. The van der Waals surface area contributed by atoms with Crippen molar-refractivity contribution in [1.82, 2.24) is 9.88 Å². The van der Waals surface area contributed by atoms with E-state index in [2.05, 4.69) is 31.1 Å². The summed E-state index contributed by atoms with van der Waals surface area (Å²) in [4.78, 5) is 18.8. The van der Waals surface area contributed by atoms with E-state index in [1.54, 1.807) is 6.20 Å². The maximum atomic E-state index is 12.5. The van der Waals surface area contributed by atoms with Crippen LogP contribution < -0.4 is 5.32 Å². The van der Waals surface area contributed by atoms with E-state index in [4.69, 9.17) is 0 Å². The van der Waals surface area contributed by atoms with Crippen molar-refractivity contribution in [1.29, 1.82) is 0 Å². The molecule has 0 atom stereocenters. The van der Waals surface area contributed by atoms with Crippen LogP contribution in [0.4, 0.5) is 5.69 Å². The van der Waals surface area contributed by atoms with Crippen LogP contribution in [0.3, 0.4) is 0 Å². The maximum absolute atomic E-state index is 12.5. The highest BCUT2D eigenvalue weighted by Gasteiger charge is 2.15. The Kier molecular flexibility index (Phi) is 8.48. The van der Waals surface area contributed by atoms with Crippen LogP contribution in [0.2, 0.25) is 0 Å². The van der Waals surface area contributed by atoms with Gasteiger partial charge in [0.2, 0.25) is 0 Å². The molecule has 21 heavy (non-hydrogen) atoms. The summed E-state index contributed by atoms with van der Waals surface area (Å²) in [5, 5.41) is 3.27. The predicted octanol–water partition coefficient (Wildman–Crippen LogP) is 3.95. The third-order valence-corrected chi connectivity index (χ3v) is 3.41. The standard InChI is InChI=1S/C17H29N3O/c1-4-7-12-20(13-8-5-2)17(21)16-10-9-15(14-19-16)18-11-6-3/h9-10,14,18H,4-8,11-13H2,1-3H3. The fraction of sp³-hybridized carbons (Fsp3) is 0.647. The Balaban J connectivity index is 2.67. The van der Waals surface area contributed by atoms with Gasteiger partial charge in [0.1, 0.15) is 5.69 Å². The largest absolute Gasteiger partial charge is 0.384 e. The molecule has 0 spiro atoms. The molecule has 0 aliphatic carbocycles. The van der Waals surface area contributed by atoms with E-state index in [-0.39, 0.29) is 5.91 Å². The van der Waals surface area contributed by atoms with Crippen LogP contribution in [-0.4, -0.2) is 35.4 Å². The van der Waals surface area contributed by atoms with E-state index in [0.717, 1.165) is 57.4 Å². The van der Waals surface area contributed by atoms with Crippen molar-refractivity contribution < 1.29 is 4.79 Å². The van der Waals surface area contributed by atoms with E-state index < -0.39 is 0 Å². The first-order valence-electron chi connectivity index (χ1n) is 8.22. The number of anilines is 1. The minimum Gasteiger partial charge on any atom is -0.384 e. The fourth-order valence-electron chi connectivity index (χ4n) is 2.07. The second kappa shape index (κ2) is 10.2. The van der Waals surface area contributed by atoms with Crippen molar-refractivity contribution in [2.75, 3.05) is 25.0 Å². The summed E-state index contributed by atoms with van der Waals surface area (Å²) >= 11 is 0. The minimum absolute atomic E-state index is 0.0546. The number of nitrogens with one attached hydrogen (secondary N) is 1. The summed E-state index contributed by atoms with van der Waals surface area (Å²) in [6.45, 7) is 9.00. The number of pyridine rings is 1. The van der Waals surface area contributed by atoms with Crippen LogP contribution in [0.5, 0.6) is 0 Å². The first-order chi connectivity index (χ1) is 10.2. The molecule has 118 valence electrons. The Morgan fingerprint density at radius 1 is 1.10 bits per heavy atom. The first-order valence-corrected chi connectivity index (χ1v) is 8.22. The summed E-state index contributed by atoms with van der Waals surface area (Å²) in [5.74, 6) is 0.0546. The van der Waals surface area contributed by atoms with Crippen molar-refractivity contribution in [2.24, 2.45) is 0 Å². The lowest BCUT2D eigenvalue weighted by Crippen LogP contribution is -2.33. The zero-order valence-electron chi connectivity index (χ0n) is 13.7. The van der Waals surface area contributed by atoms with Gasteiger partial charge >= 0.3 is 0 Å². The van der Waals surface area contributed by atoms with Crippen LogP contribution in [0.15, 0.2) is 18.3 Å². The molecule has 1 heterocycles. The molecule has 0 aliphatic heterocycles. The van der Waals surface area contributed by atoms with E-state index in [0.29, 0.717) is 5.69 Å². The highest BCUT2D eigenvalue weighted by atomic mass is 16.2. The van der Waals surface area contributed by atoms with Gasteiger partial charge in [-0.25, -0.2) is 4.98 Å². The smallest absolute Gasteiger partial charge is 0.272 e. The van der Waals surface area contributed by atoms with Crippen molar-refractivity contribution in [2.45, 2.75) is 52.9 Å². The number of unbranched alkanes of at least 4 members (excludes halogenated alkanes) is 2. The van der Waals surface area contributed by atoms with Crippen LogP contribution in [0.1, 0.15) is 63.4 Å². The molecule has 1 N–H and O–H groups in total. The lowest BCUT2D eigenvalue weighted by atomic mass is 10.2. The van der Waals surface area contributed by atoms with Gasteiger partial charge in [-0.3, -0.25) is 4.79 Å². The lowest BCUT2D eigenvalue weighted by Gasteiger charge is -2.22. The Morgan fingerprint density at radius 3 is 2.24 bits per heavy atom. The quantitative estimate of drug-likeness (QED) is 0.710. The molecule has 0 bridgehead atoms. The fourth-order valence-corrected chi connectivity index (χ4v) is 2.07. The van der Waals surface area contributed by atoms with Gasteiger partial charge in [-0.2, -0.15) is 0 Å². The van der Waals surface area contributed by atoms with E-state index in [1.165, 1.54) is 0 Å². The predicted molar refractivity (Wildman–Crippen MR) is 88.7 cm³/mol. The number of amides is 1. The lowest BCUT2D eigenvalue weighted by molar-refractivity contribution is 0.0745. The van der Waals surface area contributed by atoms with Crippen molar-refractivity contribution in [3.8, 4) is 0 Å². The van der Waals surface area contributed by atoms with Gasteiger partial charge in [-0.05, 0) is 31.4 Å². The Bertz CT molecular complexity index is 395. The molecule has 1 aromatic heterocycles. The van der Waals surface area contributed by atoms with Gasteiger partial charge in [0.15, 0.2) is 0 Å². The van der Waals surface area contributed by atoms with Crippen LogP contribution >= 0.6 is 0 Å².